The van der Waals surface area contributed by atoms with E-state index in [2.05, 4.69) is 16.9 Å². The topological polar surface area (TPSA) is 45.8 Å². The van der Waals surface area contributed by atoms with Gasteiger partial charge in [-0.05, 0) is 24.7 Å². The lowest BCUT2D eigenvalue weighted by atomic mass is 9.80. The van der Waals surface area contributed by atoms with Gasteiger partial charge in [-0.25, -0.2) is 4.98 Å². The maximum Gasteiger partial charge on any atom is 0.198 e. The van der Waals surface area contributed by atoms with Crippen LogP contribution in [-0.2, 0) is 0 Å². The molecule has 0 radical (unpaired) electrons. The molecule has 1 saturated carbocycles. The molecule has 1 aliphatic carbocycles. The fourth-order valence-corrected chi connectivity index (χ4v) is 2.52. The Bertz CT molecular complexity index is 318. The smallest absolute Gasteiger partial charge is 0.198 e. The number of hydrogen-bond acceptors (Lipinski definition) is 2. The van der Waals surface area contributed by atoms with Gasteiger partial charge in [-0.1, -0.05) is 19.8 Å². The number of hydrogen-bond donors (Lipinski definition) is 1. The van der Waals surface area contributed by atoms with Gasteiger partial charge in [0.25, 0.3) is 0 Å². The van der Waals surface area contributed by atoms with Crippen molar-refractivity contribution in [3.63, 3.8) is 0 Å². The van der Waals surface area contributed by atoms with E-state index >= 15 is 0 Å². The van der Waals surface area contributed by atoms with Crippen LogP contribution in [0.15, 0.2) is 12.4 Å². The van der Waals surface area contributed by atoms with Crippen LogP contribution in [0, 0.1) is 11.8 Å². The lowest BCUT2D eigenvalue weighted by Gasteiger charge is -2.25. The molecule has 15 heavy (non-hydrogen) atoms. The second-order valence-corrected chi connectivity index (χ2v) is 4.70. The van der Waals surface area contributed by atoms with Crippen molar-refractivity contribution in [2.45, 2.75) is 39.0 Å². The van der Waals surface area contributed by atoms with Gasteiger partial charge in [0, 0.05) is 18.8 Å². The molecule has 2 atom stereocenters. The average Bonchev–Trinajstić information content (AvgIpc) is 2.70. The molecule has 82 valence electrons. The number of nitrogens with one attached hydrogen (secondary N) is 1. The minimum absolute atomic E-state index is 0.166. The highest BCUT2D eigenvalue weighted by molar-refractivity contribution is 5.92. The molecule has 3 nitrogen and oxygen atoms in total. The van der Waals surface area contributed by atoms with E-state index in [1.165, 1.54) is 25.7 Å². The number of rotatable bonds is 3. The largest absolute Gasteiger partial charge is 0.342 e. The number of ketones is 1. The Morgan fingerprint density at radius 2 is 2.47 bits per heavy atom. The molecule has 3 heteroatoms. The van der Waals surface area contributed by atoms with Crippen LogP contribution in [0.1, 0.15) is 49.6 Å². The van der Waals surface area contributed by atoms with Gasteiger partial charge in [0.15, 0.2) is 11.6 Å². The molecule has 0 bridgehead atoms. The molecule has 0 aromatic carbocycles. The monoisotopic (exact) mass is 206 g/mol. The zero-order valence-corrected chi connectivity index (χ0v) is 9.20. The molecular weight excluding hydrogens is 188 g/mol. The van der Waals surface area contributed by atoms with Crippen LogP contribution in [0.25, 0.3) is 0 Å². The summed E-state index contributed by atoms with van der Waals surface area (Å²) in [5.74, 6) is 2.05. The number of Topliss-reactive ketones (excluding diaryl/α,β-unsaturated/α-hetero) is 1. The predicted molar refractivity (Wildman–Crippen MR) is 58.7 cm³/mol. The van der Waals surface area contributed by atoms with Gasteiger partial charge in [-0.3, -0.25) is 4.79 Å². The maximum absolute atomic E-state index is 11.8. The van der Waals surface area contributed by atoms with Crippen molar-refractivity contribution >= 4 is 5.78 Å². The number of imidazole rings is 1. The van der Waals surface area contributed by atoms with Crippen molar-refractivity contribution in [2.75, 3.05) is 0 Å². The van der Waals surface area contributed by atoms with Gasteiger partial charge in [-0.2, -0.15) is 0 Å². The molecule has 1 heterocycles. The van der Waals surface area contributed by atoms with E-state index < -0.39 is 0 Å². The molecule has 2 rings (SSSR count). The summed E-state index contributed by atoms with van der Waals surface area (Å²) in [6.07, 6.45) is 9.01. The summed E-state index contributed by atoms with van der Waals surface area (Å²) in [5, 5.41) is 0. The third-order valence-corrected chi connectivity index (χ3v) is 3.28. The number of aromatic amines is 1. The van der Waals surface area contributed by atoms with Crippen molar-refractivity contribution in [3.05, 3.63) is 18.2 Å². The number of aromatic nitrogens is 2. The Morgan fingerprint density at radius 3 is 3.13 bits per heavy atom. The van der Waals surface area contributed by atoms with E-state index in [0.717, 1.165) is 5.92 Å². The van der Waals surface area contributed by atoms with Crippen LogP contribution in [0.3, 0.4) is 0 Å². The Balaban J connectivity index is 1.89. The SMILES string of the molecule is CC1CCCC(CC(=O)c2ncc[nH]2)C1. The Labute approximate surface area is 90.3 Å². The second kappa shape index (κ2) is 4.60. The Hall–Kier alpha value is -1.12. The number of carbonyl (C=O) groups is 1. The standard InChI is InChI=1S/C12H18N2O/c1-9-3-2-4-10(7-9)8-11(15)12-13-5-6-14-12/h5-6,9-10H,2-4,7-8H2,1H3,(H,13,14). The van der Waals surface area contributed by atoms with Crippen LogP contribution >= 0.6 is 0 Å². The molecule has 1 aromatic rings. The van der Waals surface area contributed by atoms with E-state index in [1.54, 1.807) is 12.4 Å². The Morgan fingerprint density at radius 1 is 1.60 bits per heavy atom. The van der Waals surface area contributed by atoms with Gasteiger partial charge in [0.1, 0.15) is 0 Å². The first-order valence-corrected chi connectivity index (χ1v) is 5.78. The molecule has 1 aliphatic rings. The summed E-state index contributed by atoms with van der Waals surface area (Å²) in [6.45, 7) is 2.28. The van der Waals surface area contributed by atoms with Gasteiger partial charge in [-0.15, -0.1) is 0 Å². The summed E-state index contributed by atoms with van der Waals surface area (Å²) in [4.78, 5) is 18.7. The molecule has 0 amide bonds. The molecule has 1 fully saturated rings. The van der Waals surface area contributed by atoms with E-state index in [-0.39, 0.29) is 5.78 Å². The lowest BCUT2D eigenvalue weighted by molar-refractivity contribution is 0.0933. The fourth-order valence-electron chi connectivity index (χ4n) is 2.52. The summed E-state index contributed by atoms with van der Waals surface area (Å²) >= 11 is 0. The molecule has 1 N–H and O–H groups in total. The van der Waals surface area contributed by atoms with E-state index in [9.17, 15) is 4.79 Å². The summed E-state index contributed by atoms with van der Waals surface area (Å²) in [7, 11) is 0. The lowest BCUT2D eigenvalue weighted by Crippen LogP contribution is -2.17. The van der Waals surface area contributed by atoms with Gasteiger partial charge < -0.3 is 4.98 Å². The van der Waals surface area contributed by atoms with Crippen molar-refractivity contribution in [1.29, 1.82) is 0 Å². The number of carbonyl (C=O) groups excluding carboxylic acids is 1. The highest BCUT2D eigenvalue weighted by atomic mass is 16.1. The van der Waals surface area contributed by atoms with Crippen LogP contribution < -0.4 is 0 Å². The van der Waals surface area contributed by atoms with Crippen molar-refractivity contribution < 1.29 is 4.79 Å². The van der Waals surface area contributed by atoms with Crippen LogP contribution in [0.2, 0.25) is 0 Å². The molecule has 0 aliphatic heterocycles. The summed E-state index contributed by atoms with van der Waals surface area (Å²) in [6, 6.07) is 0. The van der Waals surface area contributed by atoms with Crippen molar-refractivity contribution in [3.8, 4) is 0 Å². The molecular formula is C12H18N2O. The number of nitrogens with zero attached hydrogens (tertiary/aromatic N) is 1. The Kier molecular flexibility index (Phi) is 3.19. The first-order chi connectivity index (χ1) is 7.25. The first kappa shape index (κ1) is 10.4. The first-order valence-electron chi connectivity index (χ1n) is 5.78. The minimum Gasteiger partial charge on any atom is -0.342 e. The van der Waals surface area contributed by atoms with E-state index in [1.807, 2.05) is 0 Å². The van der Waals surface area contributed by atoms with Gasteiger partial charge >= 0.3 is 0 Å². The minimum atomic E-state index is 0.166. The summed E-state index contributed by atoms with van der Waals surface area (Å²) < 4.78 is 0. The van der Waals surface area contributed by atoms with Crippen LogP contribution in [0.5, 0.6) is 0 Å². The van der Waals surface area contributed by atoms with Crippen molar-refractivity contribution in [2.24, 2.45) is 11.8 Å². The molecule has 2 unspecified atom stereocenters. The fraction of sp³-hybridized carbons (Fsp3) is 0.667. The van der Waals surface area contributed by atoms with E-state index in [4.69, 9.17) is 0 Å². The second-order valence-electron chi connectivity index (χ2n) is 4.70. The number of H-pyrrole nitrogens is 1. The van der Waals surface area contributed by atoms with Crippen molar-refractivity contribution in [1.82, 2.24) is 9.97 Å². The zero-order valence-electron chi connectivity index (χ0n) is 9.20. The van der Waals surface area contributed by atoms with E-state index in [0.29, 0.717) is 18.2 Å². The highest BCUT2D eigenvalue weighted by Gasteiger charge is 2.22. The molecule has 0 spiro atoms. The molecule has 0 saturated heterocycles. The normalized spacial score (nSPS) is 26.5. The summed E-state index contributed by atoms with van der Waals surface area (Å²) in [5.41, 5.74) is 0. The maximum atomic E-state index is 11.8. The quantitative estimate of drug-likeness (QED) is 0.773. The van der Waals surface area contributed by atoms with Crippen LogP contribution in [-0.4, -0.2) is 15.8 Å². The van der Waals surface area contributed by atoms with Gasteiger partial charge in [0.05, 0.1) is 0 Å². The average molecular weight is 206 g/mol. The molecule has 1 aromatic heterocycles. The van der Waals surface area contributed by atoms with Crippen LogP contribution in [0.4, 0.5) is 0 Å². The van der Waals surface area contributed by atoms with Gasteiger partial charge in [0.2, 0.25) is 0 Å². The predicted octanol–water partition coefficient (Wildman–Crippen LogP) is 2.81. The third-order valence-electron chi connectivity index (χ3n) is 3.28. The third kappa shape index (κ3) is 2.67. The zero-order chi connectivity index (χ0) is 10.7. The highest BCUT2D eigenvalue weighted by Crippen LogP contribution is 2.31.